The number of nitrogens with zero attached hydrogens (tertiary/aromatic N) is 2. The molecular formula is C13H18N4O2S2. The fourth-order valence-corrected chi connectivity index (χ4v) is 4.20. The SMILES string of the molecule is Cn1nccc1CNS(=O)(=O)c1cc(CNC2CC2)cs1. The first kappa shape index (κ1) is 14.7. The van der Waals surface area contributed by atoms with Crippen LogP contribution in [0.1, 0.15) is 24.1 Å². The molecule has 0 aromatic carbocycles. The molecule has 0 atom stereocenters. The monoisotopic (exact) mass is 326 g/mol. The number of hydrogen-bond acceptors (Lipinski definition) is 5. The summed E-state index contributed by atoms with van der Waals surface area (Å²) in [6.07, 6.45) is 4.10. The van der Waals surface area contributed by atoms with Crippen LogP contribution in [0.3, 0.4) is 0 Å². The summed E-state index contributed by atoms with van der Waals surface area (Å²) in [7, 11) is -1.67. The van der Waals surface area contributed by atoms with Gasteiger partial charge in [-0.2, -0.15) is 5.10 Å². The minimum Gasteiger partial charge on any atom is -0.310 e. The highest BCUT2D eigenvalue weighted by atomic mass is 32.2. The first-order valence-electron chi connectivity index (χ1n) is 6.82. The predicted molar refractivity (Wildman–Crippen MR) is 81.4 cm³/mol. The van der Waals surface area contributed by atoms with Crippen molar-refractivity contribution in [2.24, 2.45) is 7.05 Å². The highest BCUT2D eigenvalue weighted by molar-refractivity contribution is 7.91. The number of thiophene rings is 1. The van der Waals surface area contributed by atoms with Crippen LogP contribution in [0.4, 0.5) is 0 Å². The quantitative estimate of drug-likeness (QED) is 0.802. The molecule has 1 fully saturated rings. The van der Waals surface area contributed by atoms with Crippen LogP contribution in [0.5, 0.6) is 0 Å². The van der Waals surface area contributed by atoms with Crippen LogP contribution in [-0.2, 0) is 30.2 Å². The van der Waals surface area contributed by atoms with E-state index >= 15 is 0 Å². The van der Waals surface area contributed by atoms with Gasteiger partial charge in [0.1, 0.15) is 4.21 Å². The van der Waals surface area contributed by atoms with E-state index in [1.165, 1.54) is 24.2 Å². The molecule has 0 unspecified atom stereocenters. The van der Waals surface area contributed by atoms with Gasteiger partial charge in [0, 0.05) is 25.8 Å². The molecular weight excluding hydrogens is 308 g/mol. The molecule has 6 nitrogen and oxygen atoms in total. The molecule has 114 valence electrons. The smallest absolute Gasteiger partial charge is 0.250 e. The van der Waals surface area contributed by atoms with E-state index in [9.17, 15) is 8.42 Å². The molecule has 1 aliphatic rings. The summed E-state index contributed by atoms with van der Waals surface area (Å²) in [6, 6.07) is 4.15. The van der Waals surface area contributed by atoms with Crippen LogP contribution in [0, 0.1) is 0 Å². The lowest BCUT2D eigenvalue weighted by Gasteiger charge is -2.05. The van der Waals surface area contributed by atoms with Crippen LogP contribution in [0.25, 0.3) is 0 Å². The van der Waals surface area contributed by atoms with Gasteiger partial charge in [0.05, 0.1) is 12.2 Å². The maximum absolute atomic E-state index is 12.3. The molecule has 2 N–H and O–H groups in total. The Kier molecular flexibility index (Phi) is 4.12. The molecule has 2 heterocycles. The van der Waals surface area contributed by atoms with Gasteiger partial charge in [0.15, 0.2) is 0 Å². The van der Waals surface area contributed by atoms with Crippen LogP contribution in [0.15, 0.2) is 27.9 Å². The van der Waals surface area contributed by atoms with E-state index in [2.05, 4.69) is 15.1 Å². The summed E-state index contributed by atoms with van der Waals surface area (Å²) < 4.78 is 29.1. The van der Waals surface area contributed by atoms with E-state index in [1.54, 1.807) is 30.1 Å². The Morgan fingerprint density at radius 3 is 2.90 bits per heavy atom. The van der Waals surface area contributed by atoms with Gasteiger partial charge in [-0.3, -0.25) is 4.68 Å². The molecule has 21 heavy (non-hydrogen) atoms. The molecule has 1 saturated carbocycles. The van der Waals surface area contributed by atoms with E-state index in [0.717, 1.165) is 17.8 Å². The highest BCUT2D eigenvalue weighted by Crippen LogP contribution is 2.23. The number of nitrogens with one attached hydrogen (secondary N) is 2. The normalized spacial score (nSPS) is 15.5. The fraction of sp³-hybridized carbons (Fsp3) is 0.462. The molecule has 0 saturated heterocycles. The maximum atomic E-state index is 12.3. The van der Waals surface area contributed by atoms with Crippen LogP contribution in [0.2, 0.25) is 0 Å². The van der Waals surface area contributed by atoms with Gasteiger partial charge in [-0.15, -0.1) is 11.3 Å². The van der Waals surface area contributed by atoms with Crippen molar-refractivity contribution in [1.29, 1.82) is 0 Å². The topological polar surface area (TPSA) is 76.0 Å². The summed E-state index contributed by atoms with van der Waals surface area (Å²) in [5.74, 6) is 0. The highest BCUT2D eigenvalue weighted by Gasteiger charge is 2.21. The van der Waals surface area contributed by atoms with Gasteiger partial charge in [-0.05, 0) is 35.9 Å². The Morgan fingerprint density at radius 2 is 2.24 bits per heavy atom. The summed E-state index contributed by atoms with van der Waals surface area (Å²) >= 11 is 1.26. The van der Waals surface area contributed by atoms with Crippen molar-refractivity contribution in [2.75, 3.05) is 0 Å². The fourth-order valence-electron chi connectivity index (χ4n) is 1.95. The summed E-state index contributed by atoms with van der Waals surface area (Å²) in [6.45, 7) is 0.977. The Labute approximate surface area is 128 Å². The van der Waals surface area contributed by atoms with Crippen molar-refractivity contribution in [2.45, 2.75) is 36.2 Å². The number of aromatic nitrogens is 2. The van der Waals surface area contributed by atoms with Crippen molar-refractivity contribution < 1.29 is 8.42 Å². The largest absolute Gasteiger partial charge is 0.310 e. The van der Waals surface area contributed by atoms with Gasteiger partial charge in [-0.25, -0.2) is 13.1 Å². The molecule has 0 aliphatic heterocycles. The number of sulfonamides is 1. The minimum atomic E-state index is -3.46. The lowest BCUT2D eigenvalue weighted by Crippen LogP contribution is -2.23. The maximum Gasteiger partial charge on any atom is 0.250 e. The molecule has 0 radical (unpaired) electrons. The summed E-state index contributed by atoms with van der Waals surface area (Å²) in [5, 5.41) is 9.29. The molecule has 0 bridgehead atoms. The average molecular weight is 326 g/mol. The molecule has 2 aromatic rings. The van der Waals surface area contributed by atoms with E-state index in [4.69, 9.17) is 0 Å². The molecule has 1 aliphatic carbocycles. The standard InChI is InChI=1S/C13H18N4O2S2/c1-17-12(4-5-15-17)8-16-21(18,19)13-6-10(9-20-13)7-14-11-2-3-11/h4-6,9,11,14,16H,2-3,7-8H2,1H3. The second-order valence-corrected chi connectivity index (χ2v) is 8.10. The van der Waals surface area contributed by atoms with Gasteiger partial charge in [0.2, 0.25) is 10.0 Å². The minimum absolute atomic E-state index is 0.242. The van der Waals surface area contributed by atoms with Gasteiger partial charge in [-0.1, -0.05) is 0 Å². The second kappa shape index (κ2) is 5.88. The molecule has 3 rings (SSSR count). The summed E-state index contributed by atoms with van der Waals surface area (Å²) in [4.78, 5) is 0. The first-order valence-corrected chi connectivity index (χ1v) is 9.18. The molecule has 0 amide bonds. The second-order valence-electron chi connectivity index (χ2n) is 5.20. The van der Waals surface area contributed by atoms with Gasteiger partial charge >= 0.3 is 0 Å². The third-order valence-corrected chi connectivity index (χ3v) is 6.32. The summed E-state index contributed by atoms with van der Waals surface area (Å²) in [5.41, 5.74) is 1.85. The Morgan fingerprint density at radius 1 is 1.43 bits per heavy atom. The Hall–Kier alpha value is -1.22. The zero-order valence-corrected chi connectivity index (χ0v) is 13.4. The average Bonchev–Trinajstić information content (AvgIpc) is 2.98. The van der Waals surface area contributed by atoms with Crippen molar-refractivity contribution in [3.63, 3.8) is 0 Å². The lowest BCUT2D eigenvalue weighted by molar-refractivity contribution is 0.579. The van der Waals surface area contributed by atoms with E-state index < -0.39 is 10.0 Å². The predicted octanol–water partition coefficient (Wildman–Crippen LogP) is 1.21. The number of aryl methyl sites for hydroxylation is 1. The van der Waals surface area contributed by atoms with Crippen molar-refractivity contribution in [3.8, 4) is 0 Å². The zero-order valence-electron chi connectivity index (χ0n) is 11.7. The number of hydrogen-bond donors (Lipinski definition) is 2. The van der Waals surface area contributed by atoms with E-state index in [0.29, 0.717) is 10.3 Å². The molecule has 8 heteroatoms. The van der Waals surface area contributed by atoms with Crippen molar-refractivity contribution >= 4 is 21.4 Å². The zero-order chi connectivity index (χ0) is 14.9. The first-order chi connectivity index (χ1) is 10.0. The van der Waals surface area contributed by atoms with Crippen molar-refractivity contribution in [3.05, 3.63) is 35.0 Å². The Bertz CT molecular complexity index is 716. The third-order valence-electron chi connectivity index (χ3n) is 3.43. The lowest BCUT2D eigenvalue weighted by atomic mass is 10.3. The van der Waals surface area contributed by atoms with Crippen LogP contribution < -0.4 is 10.0 Å². The third kappa shape index (κ3) is 3.70. The van der Waals surface area contributed by atoms with E-state index in [1.807, 2.05) is 5.38 Å². The van der Waals surface area contributed by atoms with Gasteiger partial charge in [0.25, 0.3) is 0 Å². The van der Waals surface area contributed by atoms with Crippen molar-refractivity contribution in [1.82, 2.24) is 19.8 Å². The molecule has 2 aromatic heterocycles. The Balaban J connectivity index is 1.62. The van der Waals surface area contributed by atoms with Crippen LogP contribution in [-0.4, -0.2) is 24.2 Å². The van der Waals surface area contributed by atoms with E-state index in [-0.39, 0.29) is 6.54 Å². The molecule has 0 spiro atoms. The van der Waals surface area contributed by atoms with Crippen LogP contribution >= 0.6 is 11.3 Å². The number of rotatable bonds is 7. The van der Waals surface area contributed by atoms with Gasteiger partial charge < -0.3 is 5.32 Å².